The van der Waals surface area contributed by atoms with Crippen molar-refractivity contribution in [2.45, 2.75) is 99.3 Å². The van der Waals surface area contributed by atoms with Crippen LogP contribution in [0.3, 0.4) is 0 Å². The second-order valence-electron chi connectivity index (χ2n) is 13.7. The third-order valence-corrected chi connectivity index (χ3v) is 11.0. The molecule has 3 aliphatic rings. The fourth-order valence-corrected chi connectivity index (χ4v) is 7.78. The Morgan fingerprint density at radius 1 is 1.04 bits per heavy atom. The third kappa shape index (κ3) is 5.56. The maximum Gasteiger partial charge on any atom is 0.271 e. The van der Waals surface area contributed by atoms with Gasteiger partial charge in [-0.2, -0.15) is 0 Å². The summed E-state index contributed by atoms with van der Waals surface area (Å²) in [6.45, 7) is 18.4. The van der Waals surface area contributed by atoms with E-state index in [9.17, 15) is 4.79 Å². The monoisotopic (exact) mass is 641 g/mol. The van der Waals surface area contributed by atoms with Gasteiger partial charge in [-0.25, -0.2) is 5.43 Å². The van der Waals surface area contributed by atoms with Crippen LogP contribution >= 0.6 is 11.6 Å². The maximum atomic E-state index is 14.7. The number of pyridine rings is 1. The van der Waals surface area contributed by atoms with Gasteiger partial charge in [0.2, 0.25) is 0 Å². The normalized spacial score (nSPS) is 23.5. The highest BCUT2D eigenvalue weighted by Crippen LogP contribution is 2.45. The Balaban J connectivity index is 1.43. The van der Waals surface area contributed by atoms with Gasteiger partial charge in [-0.15, -0.1) is 0 Å². The van der Waals surface area contributed by atoms with E-state index in [4.69, 9.17) is 16.3 Å². The molecule has 1 N–H and O–H groups in total. The molecule has 0 radical (unpaired) electrons. The number of allylic oxidation sites excluding steroid dienone is 5. The first-order valence-corrected chi connectivity index (χ1v) is 17.1. The molecule has 8 heteroatoms. The van der Waals surface area contributed by atoms with Crippen molar-refractivity contribution < 1.29 is 9.53 Å². The molecule has 4 atom stereocenters. The zero-order valence-corrected chi connectivity index (χ0v) is 29.5. The molecule has 0 bridgehead atoms. The van der Waals surface area contributed by atoms with E-state index in [0.29, 0.717) is 24.1 Å². The van der Waals surface area contributed by atoms with Crippen molar-refractivity contribution in [3.05, 3.63) is 92.2 Å². The van der Waals surface area contributed by atoms with E-state index in [1.165, 1.54) is 16.7 Å². The molecule has 3 unspecified atom stereocenters. The van der Waals surface area contributed by atoms with Crippen LogP contribution in [-0.4, -0.2) is 51.1 Å². The lowest BCUT2D eigenvalue weighted by atomic mass is 9.89. The number of aromatic nitrogens is 2. The molecule has 244 valence electrons. The Labute approximate surface area is 278 Å². The van der Waals surface area contributed by atoms with Gasteiger partial charge in [0.1, 0.15) is 5.69 Å². The maximum absolute atomic E-state index is 14.7. The van der Waals surface area contributed by atoms with Crippen molar-refractivity contribution in [2.75, 3.05) is 13.7 Å². The number of fused-ring (bicyclic) bond motifs is 3. The second kappa shape index (κ2) is 12.6. The molecular formula is C38H48ClN5O2. The summed E-state index contributed by atoms with van der Waals surface area (Å²) >= 11 is 7.10. The van der Waals surface area contributed by atoms with Crippen molar-refractivity contribution in [1.82, 2.24) is 24.9 Å². The minimum Gasteiger partial charge on any atom is -0.498 e. The topological polar surface area (TPSA) is 62.6 Å². The van der Waals surface area contributed by atoms with Gasteiger partial charge >= 0.3 is 0 Å². The molecule has 0 saturated carbocycles. The van der Waals surface area contributed by atoms with Crippen LogP contribution in [-0.2, 0) is 17.7 Å². The van der Waals surface area contributed by atoms with Crippen LogP contribution in [0.2, 0.25) is 5.02 Å². The largest absolute Gasteiger partial charge is 0.498 e. The van der Waals surface area contributed by atoms with Gasteiger partial charge in [0, 0.05) is 41.9 Å². The smallest absolute Gasteiger partial charge is 0.271 e. The van der Waals surface area contributed by atoms with E-state index in [-0.39, 0.29) is 24.0 Å². The van der Waals surface area contributed by atoms with Crippen LogP contribution in [0.25, 0.3) is 16.5 Å². The molecule has 3 aromatic rings. The first-order valence-electron chi connectivity index (χ1n) is 16.7. The second-order valence-corrected chi connectivity index (χ2v) is 14.1. The molecule has 6 rings (SSSR count). The Morgan fingerprint density at radius 2 is 1.80 bits per heavy atom. The number of amides is 1. The summed E-state index contributed by atoms with van der Waals surface area (Å²) in [7, 11) is 2.04. The summed E-state index contributed by atoms with van der Waals surface area (Å²) in [5, 5.41) is 3.87. The van der Waals surface area contributed by atoms with Gasteiger partial charge in [-0.05, 0) is 102 Å². The molecule has 1 amide bonds. The molecule has 1 aromatic carbocycles. The number of nitrogens with zero attached hydrogens (tertiary/aromatic N) is 4. The summed E-state index contributed by atoms with van der Waals surface area (Å²) in [6, 6.07) is 8.28. The molecule has 0 fully saturated rings. The lowest BCUT2D eigenvalue weighted by Crippen LogP contribution is -2.48. The van der Waals surface area contributed by atoms with Crippen LogP contribution in [0.5, 0.6) is 0 Å². The lowest BCUT2D eigenvalue weighted by molar-refractivity contribution is 0.0541. The molecule has 0 spiro atoms. The number of hydrogen-bond donors (Lipinski definition) is 1. The zero-order chi connectivity index (χ0) is 33.0. The number of rotatable bonds is 8. The van der Waals surface area contributed by atoms with E-state index in [1.54, 1.807) is 0 Å². The predicted octanol–water partition coefficient (Wildman–Crippen LogP) is 8.38. The third-order valence-electron chi connectivity index (χ3n) is 10.7. The number of hydrogen-bond acceptors (Lipinski definition) is 5. The molecule has 0 saturated heterocycles. The van der Waals surface area contributed by atoms with Gasteiger partial charge in [-0.3, -0.25) is 9.78 Å². The Bertz CT molecular complexity index is 1780. The summed E-state index contributed by atoms with van der Waals surface area (Å²) in [6.07, 6.45) is 6.52. The average molecular weight is 642 g/mol. The van der Waals surface area contributed by atoms with Crippen LogP contribution in [0, 0.1) is 12.8 Å². The number of carbonyl (C=O) groups excluding carboxylic acids is 1. The molecular weight excluding hydrogens is 594 g/mol. The van der Waals surface area contributed by atoms with E-state index < -0.39 is 0 Å². The number of carbonyl (C=O) groups is 1. The van der Waals surface area contributed by atoms with Crippen molar-refractivity contribution in [3.63, 3.8) is 0 Å². The first kappa shape index (κ1) is 32.4. The van der Waals surface area contributed by atoms with Crippen molar-refractivity contribution in [2.24, 2.45) is 5.92 Å². The molecule has 7 nitrogen and oxygen atoms in total. The van der Waals surface area contributed by atoms with Crippen molar-refractivity contribution >= 4 is 34.0 Å². The fourth-order valence-electron chi connectivity index (χ4n) is 7.53. The Kier molecular flexibility index (Phi) is 8.85. The lowest BCUT2D eigenvalue weighted by Gasteiger charge is -2.40. The first-order chi connectivity index (χ1) is 21.9. The summed E-state index contributed by atoms with van der Waals surface area (Å²) in [5.41, 5.74) is 14.5. The van der Waals surface area contributed by atoms with Crippen molar-refractivity contribution in [3.8, 4) is 0 Å². The quantitative estimate of drug-likeness (QED) is 0.250. The van der Waals surface area contributed by atoms with Gasteiger partial charge in [0.15, 0.2) is 0 Å². The number of ether oxygens (including phenoxy) is 1. The van der Waals surface area contributed by atoms with E-state index >= 15 is 0 Å². The minimum atomic E-state index is -0.0430. The highest BCUT2D eigenvalue weighted by Gasteiger charge is 2.40. The number of hydrazine groups is 1. The van der Waals surface area contributed by atoms with Gasteiger partial charge in [-0.1, -0.05) is 36.2 Å². The zero-order valence-electron chi connectivity index (χ0n) is 28.8. The SMILES string of the molecule is CC1=C(C)C(C)CC(OCCCc2c3n(c4c(C5=C(C)N(C)NC5C)c(Cl)ccc24)C(C)[C@@H](C)N(Cc2ccc(C)cn2)C3=O)=C1. The van der Waals surface area contributed by atoms with Crippen LogP contribution < -0.4 is 5.43 Å². The summed E-state index contributed by atoms with van der Waals surface area (Å²) < 4.78 is 8.64. The Morgan fingerprint density at radius 3 is 2.46 bits per heavy atom. The molecule has 1 aliphatic carbocycles. The average Bonchev–Trinajstić information content (AvgIpc) is 3.48. The molecule has 2 aliphatic heterocycles. The summed E-state index contributed by atoms with van der Waals surface area (Å²) in [5.74, 6) is 1.59. The fraction of sp³-hybridized carbons (Fsp3) is 0.474. The number of halogens is 1. The number of nitrogens with one attached hydrogen (secondary N) is 1. The van der Waals surface area contributed by atoms with Crippen LogP contribution in [0.15, 0.2) is 59.1 Å². The van der Waals surface area contributed by atoms with E-state index in [1.807, 2.05) is 37.2 Å². The highest BCUT2D eigenvalue weighted by atomic mass is 35.5. The molecule has 4 heterocycles. The van der Waals surface area contributed by atoms with Crippen LogP contribution in [0.4, 0.5) is 0 Å². The van der Waals surface area contributed by atoms with Crippen LogP contribution in [0.1, 0.15) is 100 Å². The van der Waals surface area contributed by atoms with E-state index in [2.05, 4.69) is 86.7 Å². The predicted molar refractivity (Wildman–Crippen MR) is 187 cm³/mol. The molecule has 2 aromatic heterocycles. The standard InChI is InChI=1S/C38H48ClN5O2/c1-21-12-13-29(40-19-21)20-43-26(6)27(7)44-36-32(14-15-33(39)35(36)34-25(5)41-42(9)28(34)8)31(37(44)38(43)45)11-10-16-46-30-17-22(2)24(4)23(3)18-30/h12-15,17,19,23,25-27,41H,10-11,16,18,20H2,1-9H3/t23?,25?,26-,27?/m1/s1. The summed E-state index contributed by atoms with van der Waals surface area (Å²) in [4.78, 5) is 21.3. The Hall–Kier alpha value is -3.55. The number of aryl methyl sites for hydroxylation is 2. The molecule has 46 heavy (non-hydrogen) atoms. The van der Waals surface area contributed by atoms with Gasteiger partial charge in [0.05, 0.1) is 53.3 Å². The van der Waals surface area contributed by atoms with Gasteiger partial charge < -0.3 is 19.2 Å². The van der Waals surface area contributed by atoms with Crippen molar-refractivity contribution in [1.29, 1.82) is 0 Å². The highest BCUT2D eigenvalue weighted by molar-refractivity contribution is 6.34. The number of benzene rings is 1. The minimum absolute atomic E-state index is 0.0260. The van der Waals surface area contributed by atoms with Gasteiger partial charge in [0.25, 0.3) is 5.91 Å². The van der Waals surface area contributed by atoms with E-state index in [0.717, 1.165) is 69.7 Å².